The molecule has 30 heavy (non-hydrogen) atoms. The second-order valence-electron chi connectivity index (χ2n) is 7.21. The molecule has 2 amide bonds. The van der Waals surface area contributed by atoms with E-state index in [4.69, 9.17) is 0 Å². The molecule has 0 radical (unpaired) electrons. The van der Waals surface area contributed by atoms with Crippen LogP contribution in [0.2, 0.25) is 0 Å². The third-order valence-corrected chi connectivity index (χ3v) is 5.49. The smallest absolute Gasteiger partial charge is 0.269 e. The fourth-order valence-corrected chi connectivity index (χ4v) is 3.87. The van der Waals surface area contributed by atoms with Gasteiger partial charge in [-0.25, -0.2) is 0 Å². The topological polar surface area (TPSA) is 101 Å². The number of nitro groups is 1. The maximum Gasteiger partial charge on any atom is 0.269 e. The summed E-state index contributed by atoms with van der Waals surface area (Å²) in [7, 11) is 0. The summed E-state index contributed by atoms with van der Waals surface area (Å²) in [5, 5.41) is 10.7. The van der Waals surface area contributed by atoms with Crippen LogP contribution in [0.5, 0.6) is 0 Å². The van der Waals surface area contributed by atoms with Gasteiger partial charge in [0.05, 0.1) is 10.8 Å². The fourth-order valence-electron chi connectivity index (χ4n) is 3.87. The van der Waals surface area contributed by atoms with Crippen LogP contribution in [0.15, 0.2) is 84.9 Å². The summed E-state index contributed by atoms with van der Waals surface area (Å²) >= 11 is 0. The average molecular weight is 401 g/mol. The minimum absolute atomic E-state index is 0.107. The molecule has 1 atom stereocenters. The molecule has 0 spiro atoms. The van der Waals surface area contributed by atoms with Gasteiger partial charge in [-0.05, 0) is 29.7 Å². The monoisotopic (exact) mass is 401 g/mol. The number of hydrogen-bond acceptors (Lipinski definition) is 4. The zero-order chi connectivity index (χ0) is 21.1. The number of nitrogens with zero attached hydrogens (tertiary/aromatic N) is 1. The van der Waals surface area contributed by atoms with Gasteiger partial charge in [0.2, 0.25) is 5.91 Å². The lowest BCUT2D eigenvalue weighted by Crippen LogP contribution is -2.43. The third-order valence-electron chi connectivity index (χ3n) is 5.49. The van der Waals surface area contributed by atoms with E-state index in [1.54, 1.807) is 0 Å². The summed E-state index contributed by atoms with van der Waals surface area (Å²) in [6, 6.07) is 24.9. The Kier molecular flexibility index (Phi) is 5.02. The van der Waals surface area contributed by atoms with Gasteiger partial charge in [0.25, 0.3) is 11.6 Å². The van der Waals surface area contributed by atoms with Crippen molar-refractivity contribution in [2.24, 2.45) is 5.92 Å². The summed E-state index contributed by atoms with van der Waals surface area (Å²) in [6.07, 6.45) is 0.639. The zero-order valence-corrected chi connectivity index (χ0v) is 15.9. The van der Waals surface area contributed by atoms with Crippen molar-refractivity contribution in [2.45, 2.75) is 11.8 Å². The van der Waals surface area contributed by atoms with Crippen LogP contribution in [0.4, 0.5) is 5.69 Å². The molecule has 7 nitrogen and oxygen atoms in total. The Morgan fingerprint density at radius 3 is 1.87 bits per heavy atom. The molecule has 3 aromatic rings. The van der Waals surface area contributed by atoms with Crippen molar-refractivity contribution in [3.8, 4) is 0 Å². The van der Waals surface area contributed by atoms with E-state index < -0.39 is 16.2 Å². The number of hydrogen-bond donors (Lipinski definition) is 2. The van der Waals surface area contributed by atoms with Gasteiger partial charge in [-0.1, -0.05) is 60.7 Å². The Morgan fingerprint density at radius 1 is 0.833 bits per heavy atom. The van der Waals surface area contributed by atoms with Crippen molar-refractivity contribution in [3.63, 3.8) is 0 Å². The van der Waals surface area contributed by atoms with Gasteiger partial charge in [0.1, 0.15) is 0 Å². The quantitative estimate of drug-likeness (QED) is 0.506. The Hall–Kier alpha value is -4.00. The van der Waals surface area contributed by atoms with Crippen LogP contribution in [0.3, 0.4) is 0 Å². The van der Waals surface area contributed by atoms with E-state index in [1.165, 1.54) is 24.3 Å². The normalized spacial score (nSPS) is 16.3. The lowest BCUT2D eigenvalue weighted by molar-refractivity contribution is -0.384. The number of carbonyl (C=O) groups excluding carboxylic acids is 2. The van der Waals surface area contributed by atoms with Gasteiger partial charge in [0.15, 0.2) is 0 Å². The summed E-state index contributed by atoms with van der Waals surface area (Å²) < 4.78 is 0. The number of hydrazine groups is 1. The molecule has 3 aromatic carbocycles. The SMILES string of the molecule is O=C(NNC(=O)[C@H]1CC1(c1ccccc1)c1ccccc1)c1ccc([N+](=O)[O-])cc1. The molecule has 4 rings (SSSR count). The molecule has 0 bridgehead atoms. The molecule has 150 valence electrons. The molecule has 2 N–H and O–H groups in total. The van der Waals surface area contributed by atoms with Gasteiger partial charge in [-0.15, -0.1) is 0 Å². The first-order valence-electron chi connectivity index (χ1n) is 9.48. The van der Waals surface area contributed by atoms with E-state index in [2.05, 4.69) is 10.9 Å². The summed E-state index contributed by atoms with van der Waals surface area (Å²) in [6.45, 7) is 0. The van der Waals surface area contributed by atoms with Gasteiger partial charge in [-0.2, -0.15) is 0 Å². The number of non-ortho nitro benzene ring substituents is 1. The van der Waals surface area contributed by atoms with E-state index in [-0.39, 0.29) is 23.1 Å². The largest absolute Gasteiger partial charge is 0.273 e. The van der Waals surface area contributed by atoms with Crippen LogP contribution in [-0.2, 0) is 10.2 Å². The molecule has 1 aliphatic carbocycles. The molecule has 1 aliphatic rings. The number of rotatable bonds is 5. The molecule has 0 aromatic heterocycles. The van der Waals surface area contributed by atoms with E-state index in [0.717, 1.165) is 11.1 Å². The molecule has 0 heterocycles. The number of carbonyl (C=O) groups is 2. The predicted molar refractivity (Wildman–Crippen MR) is 110 cm³/mol. The van der Waals surface area contributed by atoms with Gasteiger partial charge in [-0.3, -0.25) is 30.6 Å². The second-order valence-corrected chi connectivity index (χ2v) is 7.21. The first-order valence-corrected chi connectivity index (χ1v) is 9.48. The molecule has 1 saturated carbocycles. The standard InChI is InChI=1S/C23H19N3O4/c27-21(16-11-13-19(14-12-16)26(29)30)24-25-22(28)20-15-23(20,17-7-3-1-4-8-17)18-9-5-2-6-10-18/h1-14,20H,15H2,(H,24,27)(H,25,28)/t20-/m1/s1. The van der Waals surface area contributed by atoms with Crippen molar-refractivity contribution in [3.05, 3.63) is 112 Å². The Balaban J connectivity index is 1.47. The molecule has 0 unspecified atom stereocenters. The number of amides is 2. The second kappa shape index (κ2) is 7.79. The summed E-state index contributed by atoms with van der Waals surface area (Å²) in [5.74, 6) is -1.14. The molecular weight excluding hydrogens is 382 g/mol. The van der Waals surface area contributed by atoms with E-state index in [0.29, 0.717) is 6.42 Å². The summed E-state index contributed by atoms with van der Waals surface area (Å²) in [5.41, 5.74) is 6.69. The van der Waals surface area contributed by atoms with Crippen LogP contribution < -0.4 is 10.9 Å². The van der Waals surface area contributed by atoms with Crippen LogP contribution in [-0.4, -0.2) is 16.7 Å². The number of nitrogens with one attached hydrogen (secondary N) is 2. The Labute approximate surface area is 172 Å². The van der Waals surface area contributed by atoms with Crippen molar-refractivity contribution in [1.29, 1.82) is 0 Å². The van der Waals surface area contributed by atoms with Crippen LogP contribution in [0.25, 0.3) is 0 Å². The van der Waals surface area contributed by atoms with Crippen molar-refractivity contribution >= 4 is 17.5 Å². The maximum absolute atomic E-state index is 12.8. The van der Waals surface area contributed by atoms with E-state index in [9.17, 15) is 19.7 Å². The van der Waals surface area contributed by atoms with Gasteiger partial charge in [0, 0.05) is 23.1 Å². The van der Waals surface area contributed by atoms with Gasteiger partial charge < -0.3 is 0 Å². The van der Waals surface area contributed by atoms with Crippen molar-refractivity contribution < 1.29 is 14.5 Å². The minimum atomic E-state index is -0.538. The van der Waals surface area contributed by atoms with Gasteiger partial charge >= 0.3 is 0 Å². The van der Waals surface area contributed by atoms with E-state index in [1.807, 2.05) is 60.7 Å². The third kappa shape index (κ3) is 3.53. The molecule has 7 heteroatoms. The number of nitro benzene ring substituents is 1. The summed E-state index contributed by atoms with van der Waals surface area (Å²) in [4.78, 5) is 35.3. The number of benzene rings is 3. The first kappa shape index (κ1) is 19.3. The highest BCUT2D eigenvalue weighted by Gasteiger charge is 2.60. The zero-order valence-electron chi connectivity index (χ0n) is 15.9. The molecule has 0 aliphatic heterocycles. The van der Waals surface area contributed by atoms with E-state index >= 15 is 0 Å². The van der Waals surface area contributed by atoms with Crippen LogP contribution in [0.1, 0.15) is 27.9 Å². The predicted octanol–water partition coefficient (Wildman–Crippen LogP) is 3.36. The van der Waals surface area contributed by atoms with Crippen molar-refractivity contribution in [2.75, 3.05) is 0 Å². The van der Waals surface area contributed by atoms with Crippen LogP contribution >= 0.6 is 0 Å². The fraction of sp³-hybridized carbons (Fsp3) is 0.130. The molecule has 1 fully saturated rings. The lowest BCUT2D eigenvalue weighted by atomic mass is 9.85. The molecule has 0 saturated heterocycles. The van der Waals surface area contributed by atoms with Crippen molar-refractivity contribution in [1.82, 2.24) is 10.9 Å². The van der Waals surface area contributed by atoms with Crippen LogP contribution in [0, 0.1) is 16.0 Å². The first-order chi connectivity index (χ1) is 14.5. The maximum atomic E-state index is 12.8. The highest BCUT2D eigenvalue weighted by Crippen LogP contribution is 2.58. The Morgan fingerprint density at radius 2 is 1.37 bits per heavy atom. The lowest BCUT2D eigenvalue weighted by Gasteiger charge is -2.19. The minimum Gasteiger partial charge on any atom is -0.273 e. The highest BCUT2D eigenvalue weighted by atomic mass is 16.6. The Bertz CT molecular complexity index is 1040. The highest BCUT2D eigenvalue weighted by molar-refractivity contribution is 5.96. The average Bonchev–Trinajstić information content (AvgIpc) is 3.56. The molecular formula is C23H19N3O4.